The van der Waals surface area contributed by atoms with Crippen LogP contribution in [0, 0.1) is 17.1 Å². The Balaban J connectivity index is 2.12. The number of carbonyl (C=O) groups is 1. The smallest absolute Gasteiger partial charge is 0.347 e. The van der Waals surface area contributed by atoms with Crippen molar-refractivity contribution in [2.24, 2.45) is 0 Å². The number of rotatable bonds is 5. The Morgan fingerprint density at radius 2 is 1.78 bits per heavy atom. The minimum Gasteiger partial charge on any atom is -0.478 e. The zero-order chi connectivity index (χ0) is 17.0. The van der Waals surface area contributed by atoms with Gasteiger partial charge in [-0.1, -0.05) is 0 Å². The molecular weight excluding hydrogens is 301 g/mol. The summed E-state index contributed by atoms with van der Waals surface area (Å²) in [6.07, 6.45) is 0. The van der Waals surface area contributed by atoms with Gasteiger partial charge in [0.2, 0.25) is 0 Å². The van der Waals surface area contributed by atoms with E-state index in [4.69, 9.17) is 19.8 Å². The molecule has 0 amide bonds. The molecular formula is C17H14FNO4. The first-order valence-electron chi connectivity index (χ1n) is 6.72. The highest BCUT2D eigenvalue weighted by Gasteiger charge is 2.29. The van der Waals surface area contributed by atoms with Crippen LogP contribution in [-0.4, -0.2) is 16.7 Å². The molecule has 0 saturated heterocycles. The number of hydrogen-bond donors (Lipinski definition) is 1. The van der Waals surface area contributed by atoms with E-state index in [0.717, 1.165) is 6.07 Å². The van der Waals surface area contributed by atoms with Gasteiger partial charge >= 0.3 is 5.97 Å². The van der Waals surface area contributed by atoms with E-state index in [1.807, 2.05) is 6.07 Å². The summed E-state index contributed by atoms with van der Waals surface area (Å²) in [7, 11) is 0. The summed E-state index contributed by atoms with van der Waals surface area (Å²) in [6.45, 7) is 2.87. The first-order valence-corrected chi connectivity index (χ1v) is 6.72. The Kier molecular flexibility index (Phi) is 4.51. The van der Waals surface area contributed by atoms with Crippen LogP contribution >= 0.6 is 0 Å². The van der Waals surface area contributed by atoms with Gasteiger partial charge in [0.1, 0.15) is 11.5 Å². The molecule has 2 rings (SSSR count). The second kappa shape index (κ2) is 6.36. The van der Waals surface area contributed by atoms with Gasteiger partial charge in [-0.2, -0.15) is 5.26 Å². The summed E-state index contributed by atoms with van der Waals surface area (Å²) in [5.74, 6) is -1.03. The van der Waals surface area contributed by atoms with Gasteiger partial charge in [-0.15, -0.1) is 0 Å². The molecule has 118 valence electrons. The van der Waals surface area contributed by atoms with Gasteiger partial charge in [0.05, 0.1) is 11.6 Å². The number of carboxylic acid groups (broad SMARTS) is 1. The molecule has 0 aromatic heterocycles. The fourth-order valence-corrected chi connectivity index (χ4v) is 1.69. The molecule has 0 saturated carbocycles. The van der Waals surface area contributed by atoms with Crippen LogP contribution in [-0.2, 0) is 4.79 Å². The minimum absolute atomic E-state index is 0.0106. The number of carboxylic acids is 1. The number of nitriles is 1. The number of aliphatic carboxylic acids is 1. The first-order chi connectivity index (χ1) is 10.8. The molecule has 0 aliphatic heterocycles. The fraction of sp³-hybridized carbons (Fsp3) is 0.176. The third kappa shape index (κ3) is 3.98. The van der Waals surface area contributed by atoms with Crippen molar-refractivity contribution in [2.75, 3.05) is 0 Å². The molecule has 23 heavy (non-hydrogen) atoms. The van der Waals surface area contributed by atoms with Crippen LogP contribution in [0.1, 0.15) is 19.4 Å². The van der Waals surface area contributed by atoms with E-state index in [1.165, 1.54) is 50.2 Å². The lowest BCUT2D eigenvalue weighted by atomic mass is 10.1. The second-order valence-corrected chi connectivity index (χ2v) is 5.25. The van der Waals surface area contributed by atoms with Crippen molar-refractivity contribution in [1.29, 1.82) is 5.26 Å². The monoisotopic (exact) mass is 315 g/mol. The Labute approximate surface area is 132 Å². The van der Waals surface area contributed by atoms with E-state index in [1.54, 1.807) is 0 Å². The van der Waals surface area contributed by atoms with E-state index in [0.29, 0.717) is 11.5 Å². The van der Waals surface area contributed by atoms with Gasteiger partial charge in [-0.25, -0.2) is 9.18 Å². The molecule has 0 aliphatic rings. The predicted octanol–water partition coefficient (Wildman–Crippen LogP) is 3.73. The zero-order valence-electron chi connectivity index (χ0n) is 12.5. The normalized spacial score (nSPS) is 10.7. The number of hydrogen-bond acceptors (Lipinski definition) is 4. The first kappa shape index (κ1) is 16.3. The minimum atomic E-state index is -1.36. The molecule has 1 N–H and O–H groups in total. The summed E-state index contributed by atoms with van der Waals surface area (Å²) in [6, 6.07) is 11.9. The van der Waals surface area contributed by atoms with Gasteiger partial charge in [0.15, 0.2) is 17.2 Å². The van der Waals surface area contributed by atoms with Crippen LogP contribution in [0.3, 0.4) is 0 Å². The highest BCUT2D eigenvalue weighted by molar-refractivity contribution is 5.76. The van der Waals surface area contributed by atoms with E-state index in [9.17, 15) is 9.18 Å². The third-order valence-corrected chi connectivity index (χ3v) is 3.00. The lowest BCUT2D eigenvalue weighted by molar-refractivity contribution is -0.152. The standard InChI is InChI=1S/C17H14FNO4/c1-17(2,16(20)21)23-13-6-4-12(5-7-13)22-15-8-3-11(10-19)9-14(15)18/h3-9H,1-2H3,(H,20,21). The lowest BCUT2D eigenvalue weighted by Gasteiger charge is -2.21. The van der Waals surface area contributed by atoms with Crippen molar-refractivity contribution >= 4 is 5.97 Å². The molecule has 2 aromatic rings. The van der Waals surface area contributed by atoms with Crippen molar-refractivity contribution in [1.82, 2.24) is 0 Å². The SMILES string of the molecule is CC(C)(Oc1ccc(Oc2ccc(C#N)cc2F)cc1)C(=O)O. The number of nitrogens with zero attached hydrogens (tertiary/aromatic N) is 1. The summed E-state index contributed by atoms with van der Waals surface area (Å²) < 4.78 is 24.5. The summed E-state index contributed by atoms with van der Waals surface area (Å²) in [5.41, 5.74) is -1.16. The maximum Gasteiger partial charge on any atom is 0.347 e. The quantitative estimate of drug-likeness (QED) is 0.909. The number of ether oxygens (including phenoxy) is 2. The number of benzene rings is 2. The molecule has 5 nitrogen and oxygen atoms in total. The maximum atomic E-state index is 13.7. The van der Waals surface area contributed by atoms with Crippen molar-refractivity contribution < 1.29 is 23.8 Å². The molecule has 0 radical (unpaired) electrons. The van der Waals surface area contributed by atoms with Crippen LogP contribution < -0.4 is 9.47 Å². The molecule has 6 heteroatoms. The van der Waals surface area contributed by atoms with E-state index in [2.05, 4.69) is 0 Å². The highest BCUT2D eigenvalue weighted by Crippen LogP contribution is 2.27. The van der Waals surface area contributed by atoms with Gasteiger partial charge in [-0.05, 0) is 56.3 Å². The predicted molar refractivity (Wildman–Crippen MR) is 80.0 cm³/mol. The van der Waals surface area contributed by atoms with Crippen molar-refractivity contribution in [3.05, 3.63) is 53.8 Å². The Morgan fingerprint density at radius 1 is 1.17 bits per heavy atom. The summed E-state index contributed by atoms with van der Waals surface area (Å²) in [4.78, 5) is 11.0. The van der Waals surface area contributed by atoms with Gasteiger partial charge in [0, 0.05) is 0 Å². The molecule has 0 aliphatic carbocycles. The molecule has 0 atom stereocenters. The average molecular weight is 315 g/mol. The molecule has 0 heterocycles. The van der Waals surface area contributed by atoms with Gasteiger partial charge < -0.3 is 14.6 Å². The van der Waals surface area contributed by atoms with E-state index >= 15 is 0 Å². The maximum absolute atomic E-state index is 13.7. The third-order valence-electron chi connectivity index (χ3n) is 3.00. The van der Waals surface area contributed by atoms with Crippen molar-refractivity contribution in [2.45, 2.75) is 19.4 Å². The Morgan fingerprint density at radius 3 is 2.30 bits per heavy atom. The van der Waals surface area contributed by atoms with Crippen LogP contribution in [0.25, 0.3) is 0 Å². The van der Waals surface area contributed by atoms with Gasteiger partial charge in [-0.3, -0.25) is 0 Å². The molecule has 0 fully saturated rings. The Bertz CT molecular complexity index is 763. The van der Waals surface area contributed by atoms with E-state index in [-0.39, 0.29) is 11.3 Å². The van der Waals surface area contributed by atoms with Crippen LogP contribution in [0.15, 0.2) is 42.5 Å². The Hall–Kier alpha value is -3.07. The van der Waals surface area contributed by atoms with Gasteiger partial charge in [0.25, 0.3) is 0 Å². The topological polar surface area (TPSA) is 79.5 Å². The molecule has 0 bridgehead atoms. The van der Waals surface area contributed by atoms with Crippen LogP contribution in [0.2, 0.25) is 0 Å². The van der Waals surface area contributed by atoms with Crippen molar-refractivity contribution in [3.8, 4) is 23.3 Å². The fourth-order valence-electron chi connectivity index (χ4n) is 1.69. The van der Waals surface area contributed by atoms with Crippen molar-refractivity contribution in [3.63, 3.8) is 0 Å². The van der Waals surface area contributed by atoms with Crippen LogP contribution in [0.4, 0.5) is 4.39 Å². The highest BCUT2D eigenvalue weighted by atomic mass is 19.1. The average Bonchev–Trinajstić information content (AvgIpc) is 2.50. The molecule has 0 unspecified atom stereocenters. The second-order valence-electron chi connectivity index (χ2n) is 5.25. The largest absolute Gasteiger partial charge is 0.478 e. The summed E-state index contributed by atoms with van der Waals surface area (Å²) >= 11 is 0. The zero-order valence-corrected chi connectivity index (χ0v) is 12.5. The lowest BCUT2D eigenvalue weighted by Crippen LogP contribution is -2.37. The van der Waals surface area contributed by atoms with Crippen LogP contribution in [0.5, 0.6) is 17.2 Å². The molecule has 2 aromatic carbocycles. The van der Waals surface area contributed by atoms with E-state index < -0.39 is 17.4 Å². The molecule has 0 spiro atoms. The number of halogens is 1. The summed E-state index contributed by atoms with van der Waals surface area (Å²) in [5, 5.41) is 17.7.